The molecule has 16 rings (SSSR count). The monoisotopic (exact) mass is 991 g/mol. The Morgan fingerprint density at radius 2 is 1.04 bits per heavy atom. The molecule has 11 aromatic rings. The second kappa shape index (κ2) is 13.9. The maximum absolute atomic E-state index is 7.46. The van der Waals surface area contributed by atoms with Crippen molar-refractivity contribution in [2.45, 2.75) is 148 Å². The minimum atomic E-state index is -0.242. The first-order valence-corrected chi connectivity index (χ1v) is 28.3. The number of aromatic nitrogens is 1. The lowest BCUT2D eigenvalue weighted by atomic mass is 9.43. The van der Waals surface area contributed by atoms with Gasteiger partial charge in [0.05, 0.1) is 16.4 Å². The van der Waals surface area contributed by atoms with Crippen LogP contribution in [0.2, 0.25) is 0 Å². The van der Waals surface area contributed by atoms with Crippen LogP contribution in [0.1, 0.15) is 155 Å². The van der Waals surface area contributed by atoms with Crippen molar-refractivity contribution in [3.8, 4) is 27.9 Å². The zero-order chi connectivity index (χ0) is 52.3. The molecule has 0 amide bonds. The molecule has 5 heteroatoms. The van der Waals surface area contributed by atoms with Crippen molar-refractivity contribution in [3.63, 3.8) is 0 Å². The minimum Gasteiger partial charge on any atom is -0.456 e. The molecule has 0 bridgehead atoms. The van der Waals surface area contributed by atoms with Gasteiger partial charge in [-0.1, -0.05) is 145 Å². The molecular weight excluding hydrogens is 924 g/mol. The van der Waals surface area contributed by atoms with E-state index in [4.69, 9.17) is 8.83 Å². The number of hydrogen-bond donors (Lipinski definition) is 0. The Morgan fingerprint density at radius 1 is 0.474 bits per heavy atom. The molecule has 76 heavy (non-hydrogen) atoms. The van der Waals surface area contributed by atoms with Gasteiger partial charge in [0.15, 0.2) is 0 Å². The van der Waals surface area contributed by atoms with Crippen LogP contribution < -0.4 is 15.7 Å². The highest BCUT2D eigenvalue weighted by atomic mass is 16.3. The first-order valence-electron chi connectivity index (χ1n) is 28.3. The summed E-state index contributed by atoms with van der Waals surface area (Å²) in [6.07, 6.45) is 4.66. The third-order valence-corrected chi connectivity index (χ3v) is 20.4. The van der Waals surface area contributed by atoms with Crippen LogP contribution in [0.4, 0.5) is 11.4 Å². The molecule has 0 radical (unpaired) electrons. The fourth-order valence-corrected chi connectivity index (χ4v) is 15.7. The molecule has 3 aliphatic carbocycles. The summed E-state index contributed by atoms with van der Waals surface area (Å²) < 4.78 is 17.1. The van der Waals surface area contributed by atoms with Crippen LogP contribution in [0.25, 0.3) is 93.6 Å². The van der Waals surface area contributed by atoms with Crippen molar-refractivity contribution in [1.82, 2.24) is 4.57 Å². The lowest BCUT2D eigenvalue weighted by Gasteiger charge is -2.43. The molecule has 2 aliphatic heterocycles. The van der Waals surface area contributed by atoms with Gasteiger partial charge < -0.3 is 18.2 Å². The quantitative estimate of drug-likeness (QED) is 0.154. The van der Waals surface area contributed by atoms with Gasteiger partial charge >= 0.3 is 6.85 Å². The first kappa shape index (κ1) is 45.2. The summed E-state index contributed by atoms with van der Waals surface area (Å²) in [4.78, 5) is 2.74. The molecule has 0 saturated carbocycles. The highest BCUT2D eigenvalue weighted by Gasteiger charge is 2.50. The smallest absolute Gasteiger partial charge is 0.333 e. The number of hydrogen-bond acceptors (Lipinski definition) is 3. The first-order chi connectivity index (χ1) is 36.0. The van der Waals surface area contributed by atoms with Crippen molar-refractivity contribution in [3.05, 3.63) is 160 Å². The summed E-state index contributed by atoms with van der Waals surface area (Å²) in [5, 5.41) is 7.14. The van der Waals surface area contributed by atoms with Crippen molar-refractivity contribution < 1.29 is 8.83 Å². The van der Waals surface area contributed by atoms with E-state index in [2.05, 4.69) is 221 Å². The molecule has 5 heterocycles. The van der Waals surface area contributed by atoms with Gasteiger partial charge in [-0.2, -0.15) is 0 Å². The van der Waals surface area contributed by atoms with E-state index in [1.54, 1.807) is 0 Å². The summed E-state index contributed by atoms with van der Waals surface area (Å²) in [5.74, 6) is 0. The molecular formula is C71H67BN2O2. The van der Waals surface area contributed by atoms with E-state index >= 15 is 0 Å². The summed E-state index contributed by atoms with van der Waals surface area (Å²) in [7, 11) is 0. The van der Waals surface area contributed by atoms with Crippen LogP contribution in [0.5, 0.6) is 0 Å². The molecule has 0 atom stereocenters. The molecule has 0 N–H and O–H groups in total. The molecule has 376 valence electrons. The van der Waals surface area contributed by atoms with E-state index in [-0.39, 0.29) is 39.3 Å². The Labute approximate surface area is 447 Å². The lowest BCUT2D eigenvalue weighted by Crippen LogP contribution is -2.60. The number of anilines is 2. The average Bonchev–Trinajstić information content (AvgIpc) is 4.12. The number of furan rings is 2. The number of para-hydroxylation sites is 2. The molecule has 5 aliphatic rings. The molecule has 4 nitrogen and oxygen atoms in total. The third-order valence-electron chi connectivity index (χ3n) is 20.4. The van der Waals surface area contributed by atoms with Crippen LogP contribution in [-0.4, -0.2) is 11.4 Å². The van der Waals surface area contributed by atoms with Crippen LogP contribution >= 0.6 is 0 Å². The van der Waals surface area contributed by atoms with Crippen LogP contribution in [0, 0.1) is 0 Å². The van der Waals surface area contributed by atoms with Crippen molar-refractivity contribution in [2.24, 2.45) is 0 Å². The van der Waals surface area contributed by atoms with Crippen molar-refractivity contribution in [1.29, 1.82) is 0 Å². The Bertz CT molecular complexity index is 4480. The van der Waals surface area contributed by atoms with E-state index in [0.29, 0.717) is 0 Å². The fraction of sp³-hybridized carbons (Fsp3) is 0.324. The molecule has 0 fully saturated rings. The van der Waals surface area contributed by atoms with Crippen molar-refractivity contribution in [2.75, 3.05) is 4.81 Å². The zero-order valence-electron chi connectivity index (χ0n) is 46.7. The van der Waals surface area contributed by atoms with Crippen LogP contribution in [0.3, 0.4) is 0 Å². The number of fused-ring (bicyclic) bond motifs is 21. The predicted molar refractivity (Wildman–Crippen MR) is 321 cm³/mol. The number of rotatable bonds is 1. The molecule has 0 spiro atoms. The maximum Gasteiger partial charge on any atom is 0.333 e. The van der Waals surface area contributed by atoms with Gasteiger partial charge in [0, 0.05) is 55.0 Å². The SMILES string of the molecule is CC(C)(C)c1ccc(N2B3c4cc5oc6ccccc6c5cc4-n4c5cc6c(cc5c5c7oc8ccccc8c7c(c3c54)-c3cc4c(cc32)-c2cc3c(cc2C4(C)C)C(C)(C)CCC3(C)C)C(C)(C)CCC6(C)C)cc1. The van der Waals surface area contributed by atoms with Crippen molar-refractivity contribution >= 4 is 94.8 Å². The van der Waals surface area contributed by atoms with Crippen LogP contribution in [-0.2, 0) is 32.5 Å². The fourth-order valence-electron chi connectivity index (χ4n) is 15.7. The van der Waals surface area contributed by atoms with E-state index in [0.717, 1.165) is 51.3 Å². The summed E-state index contributed by atoms with van der Waals surface area (Å²) in [6.45, 7) is 31.5. The maximum atomic E-state index is 7.46. The summed E-state index contributed by atoms with van der Waals surface area (Å²) >= 11 is 0. The highest BCUT2D eigenvalue weighted by Crippen LogP contribution is 2.60. The van der Waals surface area contributed by atoms with E-state index in [1.165, 1.54) is 129 Å². The average molecular weight is 991 g/mol. The summed E-state index contributed by atoms with van der Waals surface area (Å²) in [6, 6.07) is 47.6. The largest absolute Gasteiger partial charge is 0.456 e. The number of nitrogens with zero attached hydrogens (tertiary/aromatic N) is 2. The van der Waals surface area contributed by atoms with E-state index < -0.39 is 0 Å². The van der Waals surface area contributed by atoms with Gasteiger partial charge in [-0.3, -0.25) is 0 Å². The third kappa shape index (κ3) is 5.57. The Kier molecular flexibility index (Phi) is 8.30. The Balaban J connectivity index is 1.12. The van der Waals surface area contributed by atoms with E-state index in [9.17, 15) is 0 Å². The standard InChI is InChI=1S/C71H67BN2O2/c1-66(2,3)38-22-24-39(25-23-38)74-55-33-43-42-30-49-51(69(8,9)28-26-67(49,4)5)35-48(42)71(12,13)47(43)31-46(55)60-61-41-19-15-17-21-58(41)76-65(61)62-45-32-50-52(70(10,11)29-27-68(50,6)7)36-54(45)73-56-34-44-40-18-14-16-20-57(40)75-59(44)37-53(56)72(74)63(60)64(62)73/h14-25,30-37H,26-29H2,1-13H3. The number of benzene rings is 8. The zero-order valence-corrected chi connectivity index (χ0v) is 46.7. The van der Waals surface area contributed by atoms with Crippen LogP contribution in [0.15, 0.2) is 130 Å². The second-order valence-electron chi connectivity index (χ2n) is 28.2. The second-order valence-corrected chi connectivity index (χ2v) is 28.2. The van der Waals surface area contributed by atoms with E-state index in [1.807, 2.05) is 0 Å². The molecule has 0 unspecified atom stereocenters. The van der Waals surface area contributed by atoms with Gasteiger partial charge in [-0.05, 0) is 186 Å². The molecule has 8 aromatic carbocycles. The Hall–Kier alpha value is -6.98. The van der Waals surface area contributed by atoms with Gasteiger partial charge in [-0.15, -0.1) is 0 Å². The Morgan fingerprint density at radius 3 is 1.71 bits per heavy atom. The summed E-state index contributed by atoms with van der Waals surface area (Å²) in [5.41, 5.74) is 27.8. The predicted octanol–water partition coefficient (Wildman–Crippen LogP) is 18.1. The van der Waals surface area contributed by atoms with Gasteiger partial charge in [-0.25, -0.2) is 0 Å². The molecule has 0 saturated heterocycles. The lowest BCUT2D eigenvalue weighted by molar-refractivity contribution is 0.331. The normalized spacial score (nSPS) is 18.9. The minimum absolute atomic E-state index is 0.00376. The molecule has 3 aromatic heterocycles. The van der Waals surface area contributed by atoms with Gasteiger partial charge in [0.1, 0.15) is 22.3 Å². The topological polar surface area (TPSA) is 34.5 Å². The highest BCUT2D eigenvalue weighted by molar-refractivity contribution is 6.94. The van der Waals surface area contributed by atoms with Gasteiger partial charge in [0.25, 0.3) is 0 Å². The van der Waals surface area contributed by atoms with Gasteiger partial charge in [0.2, 0.25) is 0 Å².